The van der Waals surface area contributed by atoms with E-state index in [0.717, 1.165) is 25.7 Å². The van der Waals surface area contributed by atoms with Gasteiger partial charge in [-0.15, -0.1) is 0 Å². The number of nitrogens with one attached hydrogen (secondary N) is 1. The van der Waals surface area contributed by atoms with Gasteiger partial charge in [0.05, 0.1) is 11.6 Å². The van der Waals surface area contributed by atoms with Crippen LogP contribution in [-0.2, 0) is 4.74 Å². The molecule has 0 aromatic rings. The van der Waals surface area contributed by atoms with Crippen LogP contribution in [0.25, 0.3) is 0 Å². The van der Waals surface area contributed by atoms with E-state index in [2.05, 4.69) is 5.43 Å². The second kappa shape index (κ2) is 4.31. The third-order valence-corrected chi connectivity index (χ3v) is 3.77. The molecule has 2 aliphatic rings. The average molecular weight is 220 g/mol. The van der Waals surface area contributed by atoms with Crippen molar-refractivity contribution in [3.8, 4) is 0 Å². The molecule has 1 spiro atoms. The molecule has 0 aromatic heterocycles. The summed E-state index contributed by atoms with van der Waals surface area (Å²) in [6.07, 6.45) is 2.21. The minimum absolute atomic E-state index is 0.0518. The van der Waals surface area contributed by atoms with Crippen molar-refractivity contribution < 1.29 is 13.5 Å². The van der Waals surface area contributed by atoms with Gasteiger partial charge in [-0.2, -0.15) is 0 Å². The number of ether oxygens (including phenoxy) is 1. The highest BCUT2D eigenvalue weighted by Gasteiger charge is 2.45. The molecule has 3 nitrogen and oxygen atoms in total. The zero-order valence-electron chi connectivity index (χ0n) is 8.72. The quantitative estimate of drug-likeness (QED) is 0.559. The summed E-state index contributed by atoms with van der Waals surface area (Å²) < 4.78 is 31.0. The minimum Gasteiger partial charge on any atom is -0.375 e. The first-order chi connectivity index (χ1) is 7.17. The van der Waals surface area contributed by atoms with E-state index >= 15 is 0 Å². The largest absolute Gasteiger partial charge is 0.375 e. The van der Waals surface area contributed by atoms with E-state index in [-0.39, 0.29) is 11.5 Å². The van der Waals surface area contributed by atoms with E-state index in [1.807, 2.05) is 0 Å². The number of nitrogens with two attached hydrogens (primary N) is 1. The van der Waals surface area contributed by atoms with Crippen LogP contribution in [0.4, 0.5) is 8.78 Å². The Morgan fingerprint density at radius 3 is 2.60 bits per heavy atom. The van der Waals surface area contributed by atoms with E-state index in [0.29, 0.717) is 13.0 Å². The maximum Gasteiger partial charge on any atom is 0.255 e. The third kappa shape index (κ3) is 2.14. The second-order valence-corrected chi connectivity index (χ2v) is 4.66. The molecule has 1 heterocycles. The molecule has 2 fully saturated rings. The lowest BCUT2D eigenvalue weighted by molar-refractivity contribution is -0.152. The molecule has 15 heavy (non-hydrogen) atoms. The van der Waals surface area contributed by atoms with Crippen molar-refractivity contribution in [1.29, 1.82) is 0 Å². The Balaban J connectivity index is 1.96. The van der Waals surface area contributed by atoms with Gasteiger partial charge in [-0.3, -0.25) is 11.3 Å². The van der Waals surface area contributed by atoms with E-state index in [1.54, 1.807) is 0 Å². The Hall–Kier alpha value is -0.260. The van der Waals surface area contributed by atoms with Crippen LogP contribution in [0.5, 0.6) is 0 Å². The van der Waals surface area contributed by atoms with Gasteiger partial charge in [-0.05, 0) is 38.0 Å². The van der Waals surface area contributed by atoms with Crippen molar-refractivity contribution in [1.82, 2.24) is 5.43 Å². The van der Waals surface area contributed by atoms with Gasteiger partial charge in [0.1, 0.15) is 0 Å². The van der Waals surface area contributed by atoms with Crippen LogP contribution in [0.3, 0.4) is 0 Å². The van der Waals surface area contributed by atoms with Gasteiger partial charge >= 0.3 is 0 Å². The lowest BCUT2D eigenvalue weighted by Crippen LogP contribution is -2.53. The van der Waals surface area contributed by atoms with Crippen LogP contribution < -0.4 is 11.3 Å². The maximum absolute atomic E-state index is 12.7. The van der Waals surface area contributed by atoms with E-state index in [1.165, 1.54) is 0 Å². The van der Waals surface area contributed by atoms with Crippen LogP contribution in [0.2, 0.25) is 0 Å². The molecule has 0 bridgehead atoms. The summed E-state index contributed by atoms with van der Waals surface area (Å²) in [5.74, 6) is 5.13. The first kappa shape index (κ1) is 11.2. The Labute approximate surface area is 88.3 Å². The number of hydrogen-bond donors (Lipinski definition) is 2. The highest BCUT2D eigenvalue weighted by molar-refractivity contribution is 4.96. The molecule has 0 aromatic carbocycles. The first-order valence-corrected chi connectivity index (χ1v) is 5.55. The smallest absolute Gasteiger partial charge is 0.255 e. The molecular weight excluding hydrogens is 202 g/mol. The van der Waals surface area contributed by atoms with Crippen molar-refractivity contribution >= 4 is 0 Å². The summed E-state index contributed by atoms with van der Waals surface area (Å²) in [4.78, 5) is 0. The summed E-state index contributed by atoms with van der Waals surface area (Å²) in [5, 5.41) is 0. The van der Waals surface area contributed by atoms with Crippen LogP contribution >= 0.6 is 0 Å². The lowest BCUT2D eigenvalue weighted by atomic mass is 9.70. The monoisotopic (exact) mass is 220 g/mol. The third-order valence-electron chi connectivity index (χ3n) is 3.77. The molecule has 2 atom stereocenters. The minimum atomic E-state index is -2.39. The van der Waals surface area contributed by atoms with Gasteiger partial charge in [0.25, 0.3) is 6.43 Å². The van der Waals surface area contributed by atoms with Gasteiger partial charge in [0.2, 0.25) is 0 Å². The van der Waals surface area contributed by atoms with Crippen LogP contribution in [0, 0.1) is 5.92 Å². The number of halogens is 2. The van der Waals surface area contributed by atoms with E-state index in [4.69, 9.17) is 10.6 Å². The second-order valence-electron chi connectivity index (χ2n) is 4.66. The number of hydrazine groups is 1. The molecular formula is C10H18F2N2O. The maximum atomic E-state index is 12.7. The molecule has 2 rings (SSSR count). The summed E-state index contributed by atoms with van der Waals surface area (Å²) >= 11 is 0. The molecule has 1 aliphatic carbocycles. The predicted octanol–water partition coefficient (Wildman–Crippen LogP) is 1.43. The van der Waals surface area contributed by atoms with Crippen LogP contribution in [-0.4, -0.2) is 24.7 Å². The number of hydrogen-bond acceptors (Lipinski definition) is 3. The molecule has 2 unspecified atom stereocenters. The fraction of sp³-hybridized carbons (Fsp3) is 1.00. The Morgan fingerprint density at radius 2 is 2.13 bits per heavy atom. The van der Waals surface area contributed by atoms with Crippen molar-refractivity contribution in [3.05, 3.63) is 0 Å². The topological polar surface area (TPSA) is 47.3 Å². The SMILES string of the molecule is NNC(C(F)F)C1CCOC2(CCC2)C1. The fourth-order valence-corrected chi connectivity index (χ4v) is 2.71. The molecule has 5 heteroatoms. The summed E-state index contributed by atoms with van der Waals surface area (Å²) in [6, 6.07) is -0.883. The summed E-state index contributed by atoms with van der Waals surface area (Å²) in [7, 11) is 0. The molecule has 1 saturated carbocycles. The van der Waals surface area contributed by atoms with Gasteiger partial charge in [0, 0.05) is 6.61 Å². The van der Waals surface area contributed by atoms with Gasteiger partial charge in [-0.1, -0.05) is 0 Å². The van der Waals surface area contributed by atoms with E-state index < -0.39 is 12.5 Å². The van der Waals surface area contributed by atoms with Gasteiger partial charge < -0.3 is 4.74 Å². The lowest BCUT2D eigenvalue weighted by Gasteiger charge is -2.48. The number of rotatable bonds is 3. The Morgan fingerprint density at radius 1 is 1.40 bits per heavy atom. The Kier molecular flexibility index (Phi) is 3.23. The van der Waals surface area contributed by atoms with Crippen molar-refractivity contribution in [2.75, 3.05) is 6.61 Å². The standard InChI is InChI=1S/C10H18F2N2O/c11-9(12)8(14-13)7-2-5-15-10(6-7)3-1-4-10/h7-9,14H,1-6,13H2. The highest BCUT2D eigenvalue weighted by atomic mass is 19.3. The zero-order valence-corrected chi connectivity index (χ0v) is 8.72. The molecule has 3 N–H and O–H groups in total. The van der Waals surface area contributed by atoms with Crippen molar-refractivity contribution in [2.24, 2.45) is 11.8 Å². The summed E-state index contributed by atoms with van der Waals surface area (Å²) in [6.45, 7) is 0.593. The van der Waals surface area contributed by atoms with Crippen LogP contribution in [0.15, 0.2) is 0 Å². The first-order valence-electron chi connectivity index (χ1n) is 5.55. The Bertz CT molecular complexity index is 221. The van der Waals surface area contributed by atoms with Crippen molar-refractivity contribution in [2.45, 2.75) is 50.2 Å². The molecule has 0 radical (unpaired) electrons. The molecule has 1 saturated heterocycles. The fourth-order valence-electron chi connectivity index (χ4n) is 2.71. The zero-order chi connectivity index (χ0) is 10.9. The molecule has 0 amide bonds. The van der Waals surface area contributed by atoms with Gasteiger partial charge in [-0.25, -0.2) is 8.78 Å². The van der Waals surface area contributed by atoms with E-state index in [9.17, 15) is 8.78 Å². The normalized spacial score (nSPS) is 31.6. The average Bonchev–Trinajstić information content (AvgIpc) is 2.16. The number of alkyl halides is 2. The van der Waals surface area contributed by atoms with Crippen molar-refractivity contribution in [3.63, 3.8) is 0 Å². The highest BCUT2D eigenvalue weighted by Crippen LogP contribution is 2.45. The van der Waals surface area contributed by atoms with Crippen LogP contribution in [0.1, 0.15) is 32.1 Å². The van der Waals surface area contributed by atoms with Gasteiger partial charge in [0.15, 0.2) is 0 Å². The predicted molar refractivity (Wildman–Crippen MR) is 52.4 cm³/mol. The molecule has 1 aliphatic heterocycles. The summed E-state index contributed by atoms with van der Waals surface area (Å²) in [5.41, 5.74) is 2.16. The molecule has 88 valence electrons.